The van der Waals surface area contributed by atoms with Crippen LogP contribution >= 0.6 is 15.9 Å². The number of carbonyl (C=O) groups is 1. The Balaban J connectivity index is 1.75. The number of nitrogens with one attached hydrogen (secondary N) is 1. The van der Waals surface area contributed by atoms with Crippen molar-refractivity contribution in [3.8, 4) is 5.69 Å². The molecule has 3 aromatic rings. The van der Waals surface area contributed by atoms with E-state index in [1.54, 1.807) is 11.9 Å². The summed E-state index contributed by atoms with van der Waals surface area (Å²) >= 11 is 3.36. The number of hydrogen-bond donors (Lipinski definition) is 1. The van der Waals surface area contributed by atoms with E-state index in [9.17, 15) is 18.0 Å². The molecule has 0 bridgehead atoms. The lowest BCUT2D eigenvalue weighted by Crippen LogP contribution is -2.30. The van der Waals surface area contributed by atoms with Gasteiger partial charge in [-0.25, -0.2) is 9.67 Å². The summed E-state index contributed by atoms with van der Waals surface area (Å²) in [5, 5.41) is 6.49. The van der Waals surface area contributed by atoms with Crippen molar-refractivity contribution in [2.45, 2.75) is 12.7 Å². The topological polar surface area (TPSA) is 63.1 Å². The average molecular weight is 468 g/mol. The fourth-order valence-electron chi connectivity index (χ4n) is 2.74. The summed E-state index contributed by atoms with van der Waals surface area (Å²) in [7, 11) is 1.76. The number of likely N-dealkylation sites (N-methyl/N-ethyl adjacent to an activating group) is 1. The summed E-state index contributed by atoms with van der Waals surface area (Å²) in [5.74, 6) is -0.440. The normalized spacial score (nSPS) is 11.7. The molecule has 6 nitrogen and oxygen atoms in total. The second kappa shape index (κ2) is 8.75. The first-order chi connectivity index (χ1) is 13.7. The van der Waals surface area contributed by atoms with Gasteiger partial charge in [-0.15, -0.1) is 0 Å². The number of hydrogen-bond acceptors (Lipinski definition) is 4. The minimum absolute atomic E-state index is 0.00308. The van der Waals surface area contributed by atoms with Gasteiger partial charge < -0.3 is 5.32 Å². The van der Waals surface area contributed by atoms with Gasteiger partial charge in [0, 0.05) is 11.0 Å². The molecule has 29 heavy (non-hydrogen) atoms. The van der Waals surface area contributed by atoms with Gasteiger partial charge >= 0.3 is 6.18 Å². The minimum atomic E-state index is -4.53. The Kier molecular flexibility index (Phi) is 6.33. The van der Waals surface area contributed by atoms with E-state index in [1.165, 1.54) is 23.4 Å². The van der Waals surface area contributed by atoms with Crippen molar-refractivity contribution in [1.29, 1.82) is 0 Å². The predicted octanol–water partition coefficient (Wildman–Crippen LogP) is 4.12. The van der Waals surface area contributed by atoms with Gasteiger partial charge in [-0.3, -0.25) is 9.69 Å². The summed E-state index contributed by atoms with van der Waals surface area (Å²) in [6.45, 7) is 0.516. The zero-order chi connectivity index (χ0) is 21.0. The van der Waals surface area contributed by atoms with E-state index < -0.39 is 17.6 Å². The number of amides is 1. The average Bonchev–Trinajstić information content (AvgIpc) is 3.17. The molecular formula is C19H17BrF3N5O. The molecule has 0 saturated carbocycles. The first kappa shape index (κ1) is 21.0. The molecule has 152 valence electrons. The SMILES string of the molecule is CN(CC(=O)Nc1cc(C(F)(F)F)ccc1-n1cncn1)Cc1ccc(Br)cc1. The number of nitrogens with zero attached hydrogens (tertiary/aromatic N) is 4. The molecule has 0 spiro atoms. The van der Waals surface area contributed by atoms with Crippen molar-refractivity contribution >= 4 is 27.5 Å². The van der Waals surface area contributed by atoms with Crippen LogP contribution in [0.3, 0.4) is 0 Å². The van der Waals surface area contributed by atoms with Crippen LogP contribution in [0.4, 0.5) is 18.9 Å². The largest absolute Gasteiger partial charge is 0.416 e. The standard InChI is InChI=1S/C19H17BrF3N5O/c1-27(9-13-2-5-15(20)6-3-13)10-18(29)26-16-8-14(19(21,22)23)4-7-17(16)28-12-24-11-25-28/h2-8,11-12H,9-10H2,1H3,(H,26,29). The lowest BCUT2D eigenvalue weighted by Gasteiger charge is -2.18. The van der Waals surface area contributed by atoms with Gasteiger partial charge in [0.1, 0.15) is 12.7 Å². The van der Waals surface area contributed by atoms with Crippen molar-refractivity contribution < 1.29 is 18.0 Å². The fraction of sp³-hybridized carbons (Fsp3) is 0.211. The first-order valence-electron chi connectivity index (χ1n) is 8.51. The van der Waals surface area contributed by atoms with E-state index in [0.717, 1.165) is 22.2 Å². The highest BCUT2D eigenvalue weighted by atomic mass is 79.9. The molecule has 1 aromatic heterocycles. The fourth-order valence-corrected chi connectivity index (χ4v) is 3.00. The molecule has 0 aliphatic heterocycles. The van der Waals surface area contributed by atoms with Crippen LogP contribution in [-0.4, -0.2) is 39.2 Å². The molecule has 0 aliphatic carbocycles. The monoisotopic (exact) mass is 467 g/mol. The third-order valence-electron chi connectivity index (χ3n) is 4.04. The maximum absolute atomic E-state index is 13.1. The van der Waals surface area contributed by atoms with Crippen LogP contribution in [0.2, 0.25) is 0 Å². The molecule has 0 unspecified atom stereocenters. The second-order valence-electron chi connectivity index (χ2n) is 6.42. The zero-order valence-electron chi connectivity index (χ0n) is 15.3. The maximum atomic E-state index is 13.1. The molecule has 0 atom stereocenters. The van der Waals surface area contributed by atoms with Gasteiger partial charge in [0.2, 0.25) is 5.91 Å². The smallest absolute Gasteiger partial charge is 0.323 e. The molecule has 0 saturated heterocycles. The van der Waals surface area contributed by atoms with Gasteiger partial charge in [-0.1, -0.05) is 28.1 Å². The molecule has 2 aromatic carbocycles. The van der Waals surface area contributed by atoms with Crippen LogP contribution < -0.4 is 5.32 Å². The van der Waals surface area contributed by atoms with E-state index in [-0.39, 0.29) is 12.2 Å². The van der Waals surface area contributed by atoms with Crippen molar-refractivity contribution in [3.05, 3.63) is 70.7 Å². The molecule has 0 radical (unpaired) electrons. The number of aromatic nitrogens is 3. The summed E-state index contributed by atoms with van der Waals surface area (Å²) in [4.78, 5) is 18.0. The van der Waals surface area contributed by atoms with Crippen LogP contribution in [0, 0.1) is 0 Å². The quantitative estimate of drug-likeness (QED) is 0.592. The van der Waals surface area contributed by atoms with E-state index in [1.807, 2.05) is 24.3 Å². The number of alkyl halides is 3. The van der Waals surface area contributed by atoms with Crippen LogP contribution in [0.1, 0.15) is 11.1 Å². The third-order valence-corrected chi connectivity index (χ3v) is 4.57. The number of rotatable bonds is 6. The van der Waals surface area contributed by atoms with E-state index in [2.05, 4.69) is 31.3 Å². The van der Waals surface area contributed by atoms with Crippen LogP contribution in [0.25, 0.3) is 5.69 Å². The van der Waals surface area contributed by atoms with Crippen LogP contribution in [0.5, 0.6) is 0 Å². The molecule has 1 heterocycles. The summed E-state index contributed by atoms with van der Waals surface area (Å²) in [6, 6.07) is 10.7. The maximum Gasteiger partial charge on any atom is 0.416 e. The van der Waals surface area contributed by atoms with Gasteiger partial charge in [0.15, 0.2) is 0 Å². The molecule has 10 heteroatoms. The summed E-state index contributed by atoms with van der Waals surface area (Å²) in [6.07, 6.45) is -1.92. The van der Waals surface area contributed by atoms with Gasteiger partial charge in [-0.05, 0) is 42.9 Å². The molecule has 1 amide bonds. The van der Waals surface area contributed by atoms with Gasteiger partial charge in [0.25, 0.3) is 0 Å². The van der Waals surface area contributed by atoms with Gasteiger partial charge in [0.05, 0.1) is 23.5 Å². The van der Waals surface area contributed by atoms with E-state index >= 15 is 0 Å². The highest BCUT2D eigenvalue weighted by Crippen LogP contribution is 2.33. The van der Waals surface area contributed by atoms with Crippen LogP contribution in [0.15, 0.2) is 59.6 Å². The molecule has 0 aliphatic rings. The van der Waals surface area contributed by atoms with Crippen molar-refractivity contribution in [3.63, 3.8) is 0 Å². The zero-order valence-corrected chi connectivity index (χ0v) is 16.9. The third kappa shape index (κ3) is 5.64. The summed E-state index contributed by atoms with van der Waals surface area (Å²) in [5.41, 5.74) is 0.442. The molecule has 3 rings (SSSR count). The van der Waals surface area contributed by atoms with Crippen LogP contribution in [-0.2, 0) is 17.5 Å². The van der Waals surface area contributed by atoms with E-state index in [4.69, 9.17) is 0 Å². The predicted molar refractivity (Wildman–Crippen MR) is 105 cm³/mol. The lowest BCUT2D eigenvalue weighted by atomic mass is 10.1. The first-order valence-corrected chi connectivity index (χ1v) is 9.31. The Morgan fingerprint density at radius 1 is 1.21 bits per heavy atom. The Morgan fingerprint density at radius 3 is 2.55 bits per heavy atom. The summed E-state index contributed by atoms with van der Waals surface area (Å²) < 4.78 is 41.5. The second-order valence-corrected chi connectivity index (χ2v) is 7.33. The molecular weight excluding hydrogens is 451 g/mol. The van der Waals surface area contributed by atoms with Crippen molar-refractivity contribution in [2.24, 2.45) is 0 Å². The van der Waals surface area contributed by atoms with Crippen molar-refractivity contribution in [1.82, 2.24) is 19.7 Å². The highest BCUT2D eigenvalue weighted by Gasteiger charge is 2.31. The minimum Gasteiger partial charge on any atom is -0.323 e. The van der Waals surface area contributed by atoms with Gasteiger partial charge in [-0.2, -0.15) is 18.3 Å². The van der Waals surface area contributed by atoms with Crippen molar-refractivity contribution in [2.75, 3.05) is 18.9 Å². The van der Waals surface area contributed by atoms with E-state index in [0.29, 0.717) is 12.2 Å². The number of carbonyl (C=O) groups excluding carboxylic acids is 1. The Hall–Kier alpha value is -2.72. The highest BCUT2D eigenvalue weighted by molar-refractivity contribution is 9.10. The lowest BCUT2D eigenvalue weighted by molar-refractivity contribution is -0.137. The number of halogens is 4. The Morgan fingerprint density at radius 2 is 1.93 bits per heavy atom. The number of anilines is 1. The molecule has 0 fully saturated rings. The number of benzene rings is 2. The Bertz CT molecular complexity index is 975. The molecule has 1 N–H and O–H groups in total. The Labute approximate surface area is 173 Å².